The molecule has 3 aromatic rings. The average molecular weight is 485 g/mol. The van der Waals surface area contributed by atoms with E-state index in [0.29, 0.717) is 18.0 Å². The van der Waals surface area contributed by atoms with Gasteiger partial charge >= 0.3 is 0 Å². The Morgan fingerprint density at radius 1 is 1.09 bits per heavy atom. The molecule has 6 heteroatoms. The number of phenols is 1. The second kappa shape index (κ2) is 9.90. The molecule has 0 bridgehead atoms. The van der Waals surface area contributed by atoms with Gasteiger partial charge in [-0.15, -0.1) is 0 Å². The number of carbonyl (C=O) groups is 1. The van der Waals surface area contributed by atoms with Crippen molar-refractivity contribution in [2.45, 2.75) is 58.9 Å². The fraction of sp³-hybridized carbons (Fsp3) is 0.407. The number of phenolic OH excluding ortho intramolecular Hbond substituents is 1. The van der Waals surface area contributed by atoms with E-state index < -0.39 is 0 Å². The Kier molecular flexibility index (Phi) is 7.16. The Balaban J connectivity index is 1.83. The van der Waals surface area contributed by atoms with E-state index in [1.54, 1.807) is 18.3 Å². The summed E-state index contributed by atoms with van der Waals surface area (Å²) in [4.78, 5) is 17.8. The van der Waals surface area contributed by atoms with Crippen LogP contribution in [-0.2, 0) is 0 Å². The van der Waals surface area contributed by atoms with Crippen LogP contribution in [-0.4, -0.2) is 21.9 Å². The van der Waals surface area contributed by atoms with Gasteiger partial charge in [0.1, 0.15) is 0 Å². The van der Waals surface area contributed by atoms with Gasteiger partial charge in [0.05, 0.1) is 26.8 Å². The van der Waals surface area contributed by atoms with Gasteiger partial charge < -0.3 is 10.4 Å². The fourth-order valence-electron chi connectivity index (χ4n) is 4.56. The molecular weight excluding hydrogens is 455 g/mol. The lowest BCUT2D eigenvalue weighted by Gasteiger charge is -2.29. The van der Waals surface area contributed by atoms with Gasteiger partial charge in [-0.25, -0.2) is 0 Å². The topological polar surface area (TPSA) is 62.2 Å². The van der Waals surface area contributed by atoms with Gasteiger partial charge in [0.25, 0.3) is 0 Å². The lowest BCUT2D eigenvalue weighted by molar-refractivity contribution is 0.0968. The maximum absolute atomic E-state index is 13.2. The quantitative estimate of drug-likeness (QED) is 0.346. The zero-order valence-electron chi connectivity index (χ0n) is 19.3. The number of anilines is 1. The number of Topliss-reactive ketones (excluding diaryl/α,β-unsaturated/α-hetero) is 1. The third kappa shape index (κ3) is 5.28. The highest BCUT2D eigenvalue weighted by atomic mass is 35.5. The predicted octanol–water partition coefficient (Wildman–Crippen LogP) is 8.13. The summed E-state index contributed by atoms with van der Waals surface area (Å²) >= 11 is 12.3. The van der Waals surface area contributed by atoms with Crippen molar-refractivity contribution in [3.8, 4) is 16.9 Å². The van der Waals surface area contributed by atoms with Crippen molar-refractivity contribution in [2.24, 2.45) is 11.8 Å². The van der Waals surface area contributed by atoms with Gasteiger partial charge in [0.15, 0.2) is 11.5 Å². The minimum absolute atomic E-state index is 0.104. The second-order valence-electron chi connectivity index (χ2n) is 9.69. The second-order valence-corrected chi connectivity index (χ2v) is 10.5. The molecule has 0 amide bonds. The first-order valence-electron chi connectivity index (χ1n) is 11.6. The number of aromatic hydroxyl groups is 1. The predicted molar refractivity (Wildman–Crippen MR) is 138 cm³/mol. The van der Waals surface area contributed by atoms with E-state index in [0.717, 1.165) is 46.5 Å². The average Bonchev–Trinajstić information content (AvgIpc) is 2.78. The molecule has 0 unspecified atom stereocenters. The summed E-state index contributed by atoms with van der Waals surface area (Å²) < 4.78 is 0. The van der Waals surface area contributed by atoms with Crippen LogP contribution in [0.4, 0.5) is 5.69 Å². The molecule has 1 fully saturated rings. The lowest BCUT2D eigenvalue weighted by Crippen LogP contribution is -2.26. The molecular formula is C27H30Cl2N2O2. The number of carbonyl (C=O) groups excluding carboxylic acids is 1. The molecule has 1 aliphatic rings. The molecule has 2 aromatic carbocycles. The third-order valence-electron chi connectivity index (χ3n) is 6.48. The number of halogens is 2. The molecule has 4 nitrogen and oxygen atoms in total. The first kappa shape index (κ1) is 23.8. The number of aromatic nitrogens is 1. The van der Waals surface area contributed by atoms with Crippen LogP contribution in [0.15, 0.2) is 36.5 Å². The van der Waals surface area contributed by atoms with Crippen LogP contribution in [0.2, 0.25) is 10.0 Å². The Morgan fingerprint density at radius 3 is 2.39 bits per heavy atom. The summed E-state index contributed by atoms with van der Waals surface area (Å²) in [7, 11) is 0. The number of rotatable bonds is 6. The van der Waals surface area contributed by atoms with E-state index >= 15 is 0 Å². The minimum Gasteiger partial charge on any atom is -0.505 e. The van der Waals surface area contributed by atoms with Crippen LogP contribution in [0.3, 0.4) is 0 Å². The highest BCUT2D eigenvalue weighted by molar-refractivity contribution is 6.37. The number of hydrogen-bond acceptors (Lipinski definition) is 4. The molecule has 1 saturated carbocycles. The zero-order chi connectivity index (χ0) is 23.7. The van der Waals surface area contributed by atoms with E-state index in [1.807, 2.05) is 18.2 Å². The van der Waals surface area contributed by atoms with Gasteiger partial charge in [-0.1, -0.05) is 50.0 Å². The summed E-state index contributed by atoms with van der Waals surface area (Å²) in [6.45, 7) is 6.41. The summed E-state index contributed by atoms with van der Waals surface area (Å²) in [5, 5.41) is 15.0. The molecule has 174 valence electrons. The minimum atomic E-state index is -0.125. The molecule has 0 saturated heterocycles. The normalized spacial score (nSPS) is 18.6. The standard InChI is InChI=1S/C27H30Cl2N2O2/c1-15(2)10-25(32)21-14-30-24-9-6-17(18-12-22(28)27(33)23(29)13-18)11-20(24)26(21)31-19-7-4-16(3)5-8-19/h6,9,11-16,19,33H,4-5,7-8,10H2,1-3H3,(H,30,31)/t16-,19-. The van der Waals surface area contributed by atoms with E-state index in [1.165, 1.54) is 12.8 Å². The molecule has 4 rings (SSSR count). The van der Waals surface area contributed by atoms with E-state index in [-0.39, 0.29) is 27.5 Å². The van der Waals surface area contributed by atoms with Gasteiger partial charge in [-0.05, 0) is 72.9 Å². The maximum atomic E-state index is 13.2. The Morgan fingerprint density at radius 2 is 1.76 bits per heavy atom. The van der Waals surface area contributed by atoms with E-state index in [2.05, 4.69) is 31.1 Å². The lowest BCUT2D eigenvalue weighted by atomic mass is 9.87. The van der Waals surface area contributed by atoms with Crippen molar-refractivity contribution < 1.29 is 9.90 Å². The number of nitrogens with one attached hydrogen (secondary N) is 1. The molecule has 1 heterocycles. The maximum Gasteiger partial charge on any atom is 0.166 e. The van der Waals surface area contributed by atoms with Gasteiger partial charge in [0, 0.05) is 24.0 Å². The van der Waals surface area contributed by atoms with Gasteiger partial charge in [0.2, 0.25) is 0 Å². The van der Waals surface area contributed by atoms with Crippen LogP contribution in [0.25, 0.3) is 22.0 Å². The number of fused-ring (bicyclic) bond motifs is 1. The van der Waals surface area contributed by atoms with Crippen LogP contribution in [0.1, 0.15) is 63.2 Å². The molecule has 0 spiro atoms. The molecule has 0 radical (unpaired) electrons. The monoisotopic (exact) mass is 484 g/mol. The zero-order valence-corrected chi connectivity index (χ0v) is 20.8. The molecule has 1 aliphatic carbocycles. The summed E-state index contributed by atoms with van der Waals surface area (Å²) in [5.41, 5.74) is 4.02. The summed E-state index contributed by atoms with van der Waals surface area (Å²) in [6.07, 6.45) is 6.75. The number of pyridine rings is 1. The van der Waals surface area contributed by atoms with Crippen LogP contribution < -0.4 is 5.32 Å². The SMILES string of the molecule is CC(C)CC(=O)c1cnc2ccc(-c3cc(Cl)c(O)c(Cl)c3)cc2c1N[C@H]1CC[C@H](C)CC1. The molecule has 0 aliphatic heterocycles. The number of nitrogens with zero attached hydrogens (tertiary/aromatic N) is 1. The first-order chi connectivity index (χ1) is 15.7. The van der Waals surface area contributed by atoms with Crippen molar-refractivity contribution >= 4 is 45.6 Å². The summed E-state index contributed by atoms with van der Waals surface area (Å²) in [6, 6.07) is 9.65. The Hall–Kier alpha value is -2.30. The molecule has 1 aromatic heterocycles. The van der Waals surface area contributed by atoms with Crippen LogP contribution in [0, 0.1) is 11.8 Å². The molecule has 2 N–H and O–H groups in total. The molecule has 33 heavy (non-hydrogen) atoms. The van der Waals surface area contributed by atoms with Crippen LogP contribution in [0.5, 0.6) is 5.75 Å². The van der Waals surface area contributed by atoms with E-state index in [9.17, 15) is 9.90 Å². The van der Waals surface area contributed by atoms with Crippen LogP contribution >= 0.6 is 23.2 Å². The van der Waals surface area contributed by atoms with Crippen molar-refractivity contribution in [3.63, 3.8) is 0 Å². The fourth-order valence-corrected chi connectivity index (χ4v) is 5.05. The smallest absolute Gasteiger partial charge is 0.166 e. The highest BCUT2D eigenvalue weighted by Crippen LogP contribution is 2.39. The summed E-state index contributed by atoms with van der Waals surface area (Å²) in [5.74, 6) is 0.992. The van der Waals surface area contributed by atoms with Crippen molar-refractivity contribution in [3.05, 3.63) is 52.1 Å². The number of hydrogen-bond donors (Lipinski definition) is 2. The first-order valence-corrected chi connectivity index (χ1v) is 12.4. The van der Waals surface area contributed by atoms with E-state index in [4.69, 9.17) is 23.2 Å². The van der Waals surface area contributed by atoms with Crippen molar-refractivity contribution in [2.75, 3.05) is 5.32 Å². The molecule has 0 atom stereocenters. The van der Waals surface area contributed by atoms with Gasteiger partial charge in [-0.3, -0.25) is 9.78 Å². The van der Waals surface area contributed by atoms with Gasteiger partial charge in [-0.2, -0.15) is 0 Å². The largest absolute Gasteiger partial charge is 0.505 e. The number of ketones is 1. The van der Waals surface area contributed by atoms with Crippen molar-refractivity contribution in [1.29, 1.82) is 0 Å². The highest BCUT2D eigenvalue weighted by Gasteiger charge is 2.23. The number of benzene rings is 2. The van der Waals surface area contributed by atoms with Crippen molar-refractivity contribution in [1.82, 2.24) is 4.98 Å². The Labute approximate surface area is 205 Å². The Bertz CT molecular complexity index is 1160. The third-order valence-corrected chi connectivity index (χ3v) is 7.05.